The molecule has 1 aliphatic carbocycles. The van der Waals surface area contributed by atoms with Crippen LogP contribution in [-0.2, 0) is 24.8 Å². The van der Waals surface area contributed by atoms with Crippen LogP contribution in [0.3, 0.4) is 0 Å². The molecular formula is C37H60IrN2O3S-2. The summed E-state index contributed by atoms with van der Waals surface area (Å²) in [6.45, 7) is 12.1. The van der Waals surface area contributed by atoms with Gasteiger partial charge in [0.2, 0.25) is 0 Å². The maximum absolute atomic E-state index is 9.88. The standard InChI is InChI=1S/C24H34N2OS.C13H26O2.Ir/c1-14-8-9-18-17-6-5-7-19(21(17)27-22(18)25-14)20-11-10-16-15(12-24(2,3)4)13-28-23(16)26-20;1-5-10(6-2)12(14)9-13(15)11(7-3)8-4;/h7-10,14-15,17-18,20,22-23,25H,5-6,11-13H2,1-4H3;9-12,14-15H,5-8H2,1-4H3;/q-2;;/b;13-9-;/t14?,15-,17-,18?,20+,22?,23?;12-;/m01./s1/i1D3,12D2;;. The van der Waals surface area contributed by atoms with Crippen molar-refractivity contribution in [2.45, 2.75) is 136 Å². The van der Waals surface area contributed by atoms with Crippen LogP contribution in [0.2, 0.25) is 0 Å². The molecule has 0 aromatic rings. The predicted octanol–water partition coefficient (Wildman–Crippen LogP) is 9.23. The van der Waals surface area contributed by atoms with Gasteiger partial charge in [0.15, 0.2) is 0 Å². The SMILES string of the molecule is CCC(CC)/C(O)=C/[C@@H](O)C(CC)CC.[2H]C([2H])([2H])C1C=CC2C(N1)OC1=C([C@H]3CC=C4C([N-]3)SC[C@@H]4C([2H])([2H])C(C)(C)C)[CH-]CC[C@H]12.[Ir]. The molecular weight excluding hydrogens is 745 g/mol. The van der Waals surface area contributed by atoms with Crippen LogP contribution in [0.4, 0.5) is 0 Å². The Balaban J connectivity index is 0.000000347. The molecule has 0 spiro atoms. The molecule has 44 heavy (non-hydrogen) atoms. The van der Waals surface area contributed by atoms with Crippen molar-refractivity contribution in [2.75, 3.05) is 5.75 Å². The molecule has 2 saturated heterocycles. The number of nitrogens with one attached hydrogen (secondary N) is 1. The number of allylic oxidation sites excluding steroid dienone is 2. The van der Waals surface area contributed by atoms with Crippen molar-refractivity contribution in [1.29, 1.82) is 0 Å². The fraction of sp³-hybridized carbons (Fsp3) is 0.757. The Morgan fingerprint density at radius 1 is 1.23 bits per heavy atom. The molecule has 4 heterocycles. The van der Waals surface area contributed by atoms with Crippen LogP contribution in [0.1, 0.15) is 113 Å². The van der Waals surface area contributed by atoms with Gasteiger partial charge in [-0.15, -0.1) is 12.5 Å². The molecule has 0 bridgehead atoms. The average Bonchev–Trinajstić information content (AvgIpc) is 3.63. The summed E-state index contributed by atoms with van der Waals surface area (Å²) < 4.78 is 47.2. The summed E-state index contributed by atoms with van der Waals surface area (Å²) >= 11 is 1.76. The fourth-order valence-electron chi connectivity index (χ4n) is 7.14. The number of hydrogen-bond donors (Lipinski definition) is 3. The van der Waals surface area contributed by atoms with Gasteiger partial charge in [0.05, 0.1) is 11.9 Å². The van der Waals surface area contributed by atoms with Crippen LogP contribution >= 0.6 is 11.8 Å². The molecule has 7 heteroatoms. The number of thioether (sulfide) groups is 1. The summed E-state index contributed by atoms with van der Waals surface area (Å²) in [6, 6.07) is -0.660. The normalized spacial score (nSPS) is 34.3. The van der Waals surface area contributed by atoms with Crippen LogP contribution in [0.25, 0.3) is 5.32 Å². The first-order chi connectivity index (χ1) is 22.5. The van der Waals surface area contributed by atoms with Crippen molar-refractivity contribution >= 4 is 11.8 Å². The van der Waals surface area contributed by atoms with Crippen LogP contribution < -0.4 is 5.32 Å². The van der Waals surface area contributed by atoms with E-state index in [1.807, 2.05) is 26.8 Å². The molecule has 3 N–H and O–H groups in total. The van der Waals surface area contributed by atoms with Gasteiger partial charge in [-0.1, -0.05) is 96.9 Å². The van der Waals surface area contributed by atoms with Crippen LogP contribution in [0.15, 0.2) is 47.0 Å². The number of aliphatic hydroxyl groups is 2. The summed E-state index contributed by atoms with van der Waals surface area (Å²) in [5.41, 5.74) is 1.88. The van der Waals surface area contributed by atoms with Gasteiger partial charge in [0.25, 0.3) is 0 Å². The first kappa shape index (κ1) is 30.6. The molecule has 8 atom stereocenters. The zero-order valence-electron chi connectivity index (χ0n) is 32.8. The van der Waals surface area contributed by atoms with Gasteiger partial charge >= 0.3 is 0 Å². The molecule has 1 radical (unpaired) electrons. The minimum Gasteiger partial charge on any atom is -0.643 e. The van der Waals surface area contributed by atoms with Gasteiger partial charge in [0, 0.05) is 44.8 Å². The molecule has 0 aromatic carbocycles. The zero-order valence-corrected chi connectivity index (χ0v) is 31.0. The number of nitrogens with zero attached hydrogens (tertiary/aromatic N) is 1. The molecule has 4 unspecified atom stereocenters. The van der Waals surface area contributed by atoms with Crippen LogP contribution in [0.5, 0.6) is 0 Å². The summed E-state index contributed by atoms with van der Waals surface area (Å²) in [4.78, 5) is 0. The molecule has 4 aliphatic heterocycles. The molecule has 253 valence electrons. The van der Waals surface area contributed by atoms with Crippen LogP contribution in [-0.4, -0.2) is 45.8 Å². The Morgan fingerprint density at radius 2 is 1.95 bits per heavy atom. The third kappa shape index (κ3) is 9.22. The molecule has 0 saturated carbocycles. The average molecular weight is 810 g/mol. The maximum Gasteiger partial charge on any atom is 0.134 e. The summed E-state index contributed by atoms with van der Waals surface area (Å²) in [7, 11) is 0. The van der Waals surface area contributed by atoms with E-state index in [0.29, 0.717) is 5.76 Å². The van der Waals surface area contributed by atoms with Gasteiger partial charge in [-0.3, -0.25) is 5.32 Å². The molecule has 0 amide bonds. The second-order valence-electron chi connectivity index (χ2n) is 13.8. The monoisotopic (exact) mass is 810 g/mol. The second-order valence-corrected chi connectivity index (χ2v) is 14.9. The van der Waals surface area contributed by atoms with Crippen molar-refractivity contribution in [2.24, 2.45) is 35.0 Å². The van der Waals surface area contributed by atoms with Crippen molar-refractivity contribution < 1.29 is 41.9 Å². The number of hydrogen-bond acceptors (Lipinski definition) is 5. The number of fused-ring (bicyclic) bond motifs is 4. The first-order valence-corrected chi connectivity index (χ1v) is 17.8. The van der Waals surface area contributed by atoms with E-state index in [1.165, 1.54) is 0 Å². The Labute approximate surface area is 294 Å². The molecule has 5 nitrogen and oxygen atoms in total. The Morgan fingerprint density at radius 3 is 2.59 bits per heavy atom. The Hall–Kier alpha value is -0.691. The van der Waals surface area contributed by atoms with Crippen LogP contribution in [0, 0.1) is 41.4 Å². The number of aliphatic hydroxyl groups excluding tert-OH is 2. The van der Waals surface area contributed by atoms with E-state index < -0.39 is 30.8 Å². The van der Waals surface area contributed by atoms with Crippen molar-refractivity contribution in [3.05, 3.63) is 58.7 Å². The maximum atomic E-state index is 9.88. The summed E-state index contributed by atoms with van der Waals surface area (Å²) in [6.07, 6.45) is 14.4. The largest absolute Gasteiger partial charge is 0.643 e. The Kier molecular flexibility index (Phi) is 11.8. The second kappa shape index (κ2) is 16.9. The van der Waals surface area contributed by atoms with Crippen molar-refractivity contribution in [3.8, 4) is 0 Å². The predicted molar refractivity (Wildman–Crippen MR) is 183 cm³/mol. The van der Waals surface area contributed by atoms with Gasteiger partial charge < -0.3 is 20.3 Å². The van der Waals surface area contributed by atoms with E-state index >= 15 is 0 Å². The smallest absolute Gasteiger partial charge is 0.134 e. The van der Waals surface area contributed by atoms with Crippen molar-refractivity contribution in [3.63, 3.8) is 0 Å². The van der Waals surface area contributed by atoms with Gasteiger partial charge in [-0.2, -0.15) is 17.3 Å². The summed E-state index contributed by atoms with van der Waals surface area (Å²) in [5, 5.41) is 28.1. The first-order valence-electron chi connectivity index (χ1n) is 19.3. The van der Waals surface area contributed by atoms with Gasteiger partial charge in [0.1, 0.15) is 6.23 Å². The third-order valence-corrected chi connectivity index (χ3v) is 10.9. The minimum atomic E-state index is -2.09. The van der Waals surface area contributed by atoms with Gasteiger partial charge in [-0.05, 0) is 73.2 Å². The topological polar surface area (TPSA) is 75.8 Å². The number of rotatable bonds is 9. The fourth-order valence-corrected chi connectivity index (χ4v) is 8.48. The number of ether oxygens (including phenoxy) is 1. The van der Waals surface area contributed by atoms with E-state index in [1.54, 1.807) is 23.9 Å². The van der Waals surface area contributed by atoms with Gasteiger partial charge in [-0.25, -0.2) is 6.42 Å². The van der Waals surface area contributed by atoms with E-state index in [2.05, 4.69) is 45.5 Å². The zero-order chi connectivity index (χ0) is 35.6. The van der Waals surface area contributed by atoms with E-state index in [-0.39, 0.29) is 67.3 Å². The van der Waals surface area contributed by atoms with Crippen molar-refractivity contribution in [1.82, 2.24) is 5.32 Å². The van der Waals surface area contributed by atoms with E-state index in [9.17, 15) is 10.2 Å². The third-order valence-electron chi connectivity index (χ3n) is 9.64. The van der Waals surface area contributed by atoms with E-state index in [4.69, 9.17) is 16.9 Å². The quantitative estimate of drug-likeness (QED) is 0.123. The molecule has 0 aromatic heterocycles. The summed E-state index contributed by atoms with van der Waals surface area (Å²) in [5.74, 6) is 2.89. The molecule has 5 rings (SSSR count). The minimum absolute atomic E-state index is 0. The molecule has 5 aliphatic rings. The van der Waals surface area contributed by atoms with E-state index in [0.717, 1.165) is 67.6 Å². The Bertz CT molecular complexity index is 1230. The molecule has 2 fully saturated rings.